The van der Waals surface area contributed by atoms with E-state index in [0.29, 0.717) is 27.9 Å². The number of nitrogens with zero attached hydrogens (tertiary/aromatic N) is 2. The van der Waals surface area contributed by atoms with Gasteiger partial charge in [-0.05, 0) is 43.1 Å². The SMILES string of the molecule is C=S(N)(=O)c1cccc(Nc2ncc(C#Cc3ccccc3)c(N[C@H](C)CO)n2)c1. The van der Waals surface area contributed by atoms with Gasteiger partial charge in [0, 0.05) is 22.2 Å². The monoisotopic (exact) mass is 421 g/mol. The van der Waals surface area contributed by atoms with Gasteiger partial charge in [0.25, 0.3) is 0 Å². The van der Waals surface area contributed by atoms with Crippen molar-refractivity contribution < 1.29 is 9.32 Å². The normalized spacial score (nSPS) is 13.4. The molecule has 1 unspecified atom stereocenters. The van der Waals surface area contributed by atoms with Gasteiger partial charge in [-0.1, -0.05) is 36.1 Å². The van der Waals surface area contributed by atoms with Crippen LogP contribution >= 0.6 is 0 Å². The van der Waals surface area contributed by atoms with Crippen molar-refractivity contribution in [1.82, 2.24) is 9.97 Å². The van der Waals surface area contributed by atoms with Crippen molar-refractivity contribution in [2.45, 2.75) is 17.9 Å². The number of aliphatic hydroxyl groups excluding tert-OH is 1. The minimum atomic E-state index is -2.82. The minimum Gasteiger partial charge on any atom is -0.394 e. The second-order valence-electron chi connectivity index (χ2n) is 6.68. The Morgan fingerprint density at radius 3 is 2.67 bits per heavy atom. The molecule has 2 atom stereocenters. The molecule has 0 bridgehead atoms. The number of aliphatic hydroxyl groups is 1. The van der Waals surface area contributed by atoms with Crippen molar-refractivity contribution in [3.05, 3.63) is 71.9 Å². The average molecular weight is 422 g/mol. The molecule has 0 spiro atoms. The quantitative estimate of drug-likeness (QED) is 0.359. The summed E-state index contributed by atoms with van der Waals surface area (Å²) in [5, 5.41) is 21.2. The van der Waals surface area contributed by atoms with Crippen LogP contribution in [-0.4, -0.2) is 37.8 Å². The zero-order chi connectivity index (χ0) is 21.6. The Labute approximate surface area is 176 Å². The van der Waals surface area contributed by atoms with Gasteiger partial charge in [0.15, 0.2) is 0 Å². The highest BCUT2D eigenvalue weighted by Gasteiger charge is 2.10. The topological polar surface area (TPSA) is 113 Å². The predicted molar refractivity (Wildman–Crippen MR) is 122 cm³/mol. The van der Waals surface area contributed by atoms with Crippen molar-refractivity contribution in [2.75, 3.05) is 17.2 Å². The smallest absolute Gasteiger partial charge is 0.229 e. The summed E-state index contributed by atoms with van der Waals surface area (Å²) >= 11 is 0. The Bertz CT molecular complexity index is 1180. The van der Waals surface area contributed by atoms with Crippen molar-refractivity contribution in [3.63, 3.8) is 0 Å². The van der Waals surface area contributed by atoms with Gasteiger partial charge in [-0.3, -0.25) is 5.14 Å². The van der Waals surface area contributed by atoms with Crippen LogP contribution in [0.5, 0.6) is 0 Å². The standard InChI is InChI=1S/C22H23N5O2S/c1-16(15-28)25-21-18(12-11-17-7-4-3-5-8-17)14-24-22(27-21)26-19-9-6-10-20(13-19)30(2,23)29/h3-10,13-14,16,28H,2,15H2,1H3,(H2,23,29)(H2,24,25,26,27)/t16-,30?/m1/s1. The number of rotatable bonds is 6. The van der Waals surface area contributed by atoms with E-state index in [4.69, 9.17) is 5.14 Å². The summed E-state index contributed by atoms with van der Waals surface area (Å²) in [5.74, 6) is 10.5. The highest BCUT2D eigenvalue weighted by molar-refractivity contribution is 7.98. The van der Waals surface area contributed by atoms with Gasteiger partial charge in [-0.2, -0.15) is 4.98 Å². The molecule has 0 amide bonds. The molecule has 0 fully saturated rings. The zero-order valence-electron chi connectivity index (χ0n) is 16.5. The first-order valence-corrected chi connectivity index (χ1v) is 11.0. The molecule has 0 saturated carbocycles. The minimum absolute atomic E-state index is 0.0608. The Balaban J connectivity index is 1.92. The first kappa shape index (κ1) is 21.3. The predicted octanol–water partition coefficient (Wildman–Crippen LogP) is 2.36. The van der Waals surface area contributed by atoms with E-state index in [-0.39, 0.29) is 12.6 Å². The fraction of sp³-hybridized carbons (Fsp3) is 0.136. The largest absolute Gasteiger partial charge is 0.394 e. The van der Waals surface area contributed by atoms with Crippen molar-refractivity contribution in [2.24, 2.45) is 5.14 Å². The summed E-state index contributed by atoms with van der Waals surface area (Å²) in [6, 6.07) is 16.2. The molecule has 0 saturated heterocycles. The summed E-state index contributed by atoms with van der Waals surface area (Å²) in [7, 11) is -2.82. The molecular formula is C22H23N5O2S. The Hall–Kier alpha value is -3.38. The third-order valence-corrected chi connectivity index (χ3v) is 5.10. The van der Waals surface area contributed by atoms with Crippen molar-refractivity contribution in [3.8, 4) is 11.8 Å². The number of hydrogen-bond donors (Lipinski definition) is 4. The van der Waals surface area contributed by atoms with E-state index >= 15 is 0 Å². The maximum absolute atomic E-state index is 12.0. The number of aromatic nitrogens is 2. The molecule has 3 aromatic rings. The third-order valence-electron chi connectivity index (χ3n) is 4.05. The van der Waals surface area contributed by atoms with E-state index in [9.17, 15) is 9.32 Å². The van der Waals surface area contributed by atoms with E-state index in [2.05, 4.69) is 38.3 Å². The molecule has 5 N–H and O–H groups in total. The second kappa shape index (κ2) is 9.41. The van der Waals surface area contributed by atoms with Gasteiger partial charge in [0.1, 0.15) is 5.82 Å². The van der Waals surface area contributed by atoms with Crippen LogP contribution in [0.2, 0.25) is 0 Å². The molecule has 8 heteroatoms. The van der Waals surface area contributed by atoms with Crippen LogP contribution in [0.4, 0.5) is 17.5 Å². The average Bonchev–Trinajstić information content (AvgIpc) is 2.73. The molecule has 1 heterocycles. The molecule has 30 heavy (non-hydrogen) atoms. The van der Waals surface area contributed by atoms with E-state index < -0.39 is 9.71 Å². The number of anilines is 3. The van der Waals surface area contributed by atoms with Crippen molar-refractivity contribution in [1.29, 1.82) is 0 Å². The maximum Gasteiger partial charge on any atom is 0.229 e. The van der Waals surface area contributed by atoms with E-state index in [1.165, 1.54) is 0 Å². The fourth-order valence-electron chi connectivity index (χ4n) is 2.50. The maximum atomic E-state index is 12.0. The van der Waals surface area contributed by atoms with E-state index in [0.717, 1.165) is 5.56 Å². The van der Waals surface area contributed by atoms with Crippen LogP contribution < -0.4 is 15.8 Å². The summed E-state index contributed by atoms with van der Waals surface area (Å²) in [6.45, 7) is 1.77. The lowest BCUT2D eigenvalue weighted by Crippen LogP contribution is -2.21. The van der Waals surface area contributed by atoms with Crippen LogP contribution in [0.15, 0.2) is 65.7 Å². The number of benzene rings is 2. The van der Waals surface area contributed by atoms with E-state index in [1.54, 1.807) is 30.5 Å². The van der Waals surface area contributed by atoms with Crippen LogP contribution in [0.1, 0.15) is 18.1 Å². The highest BCUT2D eigenvalue weighted by Crippen LogP contribution is 2.20. The molecule has 0 aliphatic rings. The summed E-state index contributed by atoms with van der Waals surface area (Å²) in [5.41, 5.74) is 2.09. The number of nitrogens with one attached hydrogen (secondary N) is 2. The summed E-state index contributed by atoms with van der Waals surface area (Å²) < 4.78 is 12.0. The second-order valence-corrected chi connectivity index (χ2v) is 8.60. The van der Waals surface area contributed by atoms with Crippen LogP contribution in [0.3, 0.4) is 0 Å². The number of hydrogen-bond acceptors (Lipinski definition) is 6. The molecule has 2 aromatic carbocycles. The zero-order valence-corrected chi connectivity index (χ0v) is 17.3. The Morgan fingerprint density at radius 1 is 1.20 bits per heavy atom. The first-order chi connectivity index (χ1) is 14.3. The van der Waals surface area contributed by atoms with Gasteiger partial charge < -0.3 is 15.7 Å². The Morgan fingerprint density at radius 2 is 1.97 bits per heavy atom. The molecule has 0 aliphatic heterocycles. The first-order valence-electron chi connectivity index (χ1n) is 9.19. The molecule has 0 radical (unpaired) electrons. The van der Waals surface area contributed by atoms with Gasteiger partial charge in [0.05, 0.1) is 28.1 Å². The summed E-state index contributed by atoms with van der Waals surface area (Å²) in [4.78, 5) is 9.24. The molecule has 0 aliphatic carbocycles. The fourth-order valence-corrected chi connectivity index (χ4v) is 3.14. The van der Waals surface area contributed by atoms with Gasteiger partial charge in [-0.15, -0.1) is 0 Å². The lowest BCUT2D eigenvalue weighted by atomic mass is 10.2. The molecule has 154 valence electrons. The van der Waals surface area contributed by atoms with Crippen LogP contribution in [0, 0.1) is 11.8 Å². The molecule has 7 nitrogen and oxygen atoms in total. The van der Waals surface area contributed by atoms with Gasteiger partial charge >= 0.3 is 0 Å². The third kappa shape index (κ3) is 5.81. The summed E-state index contributed by atoms with van der Waals surface area (Å²) in [6.07, 6.45) is 1.61. The lowest BCUT2D eigenvalue weighted by Gasteiger charge is -2.14. The van der Waals surface area contributed by atoms with Crippen LogP contribution in [-0.2, 0) is 9.71 Å². The molecular weight excluding hydrogens is 398 g/mol. The highest BCUT2D eigenvalue weighted by atomic mass is 32.2. The number of nitrogens with two attached hydrogens (primary N) is 1. The molecule has 3 rings (SSSR count). The molecule has 1 aromatic heterocycles. The van der Waals surface area contributed by atoms with Crippen LogP contribution in [0.25, 0.3) is 0 Å². The van der Waals surface area contributed by atoms with Gasteiger partial charge in [0.2, 0.25) is 5.95 Å². The lowest BCUT2D eigenvalue weighted by molar-refractivity contribution is 0.281. The van der Waals surface area contributed by atoms with Gasteiger partial charge in [-0.25, -0.2) is 9.19 Å². The van der Waals surface area contributed by atoms with Crippen molar-refractivity contribution >= 4 is 33.0 Å². The van der Waals surface area contributed by atoms with E-state index in [1.807, 2.05) is 37.3 Å². The Kier molecular flexibility index (Phi) is 6.69.